The summed E-state index contributed by atoms with van der Waals surface area (Å²) in [6.07, 6.45) is 1.34. The van der Waals surface area contributed by atoms with Crippen molar-refractivity contribution in [2.24, 2.45) is 0 Å². The highest BCUT2D eigenvalue weighted by Crippen LogP contribution is 2.40. The Morgan fingerprint density at radius 2 is 1.90 bits per heavy atom. The van der Waals surface area contributed by atoms with Gasteiger partial charge in [-0.15, -0.1) is 0 Å². The average Bonchev–Trinajstić information content (AvgIpc) is 3.13. The normalized spacial score (nSPS) is 20.4. The summed E-state index contributed by atoms with van der Waals surface area (Å²) >= 11 is 0. The van der Waals surface area contributed by atoms with Crippen LogP contribution in [0.1, 0.15) is 29.8 Å². The second kappa shape index (κ2) is 7.20. The number of amides is 2. The molecule has 0 saturated carbocycles. The highest BCUT2D eigenvalue weighted by molar-refractivity contribution is 5.93. The highest BCUT2D eigenvalue weighted by Gasteiger charge is 2.47. The van der Waals surface area contributed by atoms with Crippen LogP contribution in [-0.4, -0.2) is 52.8 Å². The minimum Gasteiger partial charge on any atom is -0.497 e. The molecule has 0 aliphatic carbocycles. The number of nitrogens with one attached hydrogen (secondary N) is 1. The number of benzene rings is 2. The quantitative estimate of drug-likeness (QED) is 0.728. The van der Waals surface area contributed by atoms with Crippen molar-refractivity contribution in [1.29, 1.82) is 0 Å². The molecule has 2 bridgehead atoms. The molecule has 6 nitrogen and oxygen atoms in total. The SMILES string of the molecule is COc1ccc(CCN2C[C@@H]3c4[nH]c5ccccc5c4CC(C2=O)N3C(C)=O)cc1. The van der Waals surface area contributed by atoms with Crippen molar-refractivity contribution < 1.29 is 14.3 Å². The number of H-pyrrole nitrogens is 1. The number of hydrogen-bond donors (Lipinski definition) is 1. The summed E-state index contributed by atoms with van der Waals surface area (Å²) in [6, 6.07) is 15.6. The summed E-state index contributed by atoms with van der Waals surface area (Å²) in [7, 11) is 1.65. The van der Waals surface area contributed by atoms with Gasteiger partial charge in [0.25, 0.3) is 0 Å². The lowest BCUT2D eigenvalue weighted by Gasteiger charge is -2.48. The molecule has 2 aliphatic heterocycles. The molecular formula is C24H25N3O3. The van der Waals surface area contributed by atoms with E-state index in [0.717, 1.165) is 34.3 Å². The van der Waals surface area contributed by atoms with E-state index in [-0.39, 0.29) is 17.9 Å². The molecule has 5 rings (SSSR count). The molecule has 6 heteroatoms. The summed E-state index contributed by atoms with van der Waals surface area (Å²) in [5, 5.41) is 1.16. The number of carbonyl (C=O) groups excluding carboxylic acids is 2. The van der Waals surface area contributed by atoms with Gasteiger partial charge in [0.2, 0.25) is 11.8 Å². The van der Waals surface area contributed by atoms with E-state index in [0.29, 0.717) is 19.5 Å². The van der Waals surface area contributed by atoms with E-state index in [2.05, 4.69) is 17.1 Å². The Bertz CT molecular complexity index is 1120. The van der Waals surface area contributed by atoms with Crippen molar-refractivity contribution in [2.75, 3.05) is 20.2 Å². The van der Waals surface area contributed by atoms with Crippen molar-refractivity contribution in [3.05, 3.63) is 65.4 Å². The number of nitrogens with zero attached hydrogens (tertiary/aromatic N) is 2. The Kier molecular flexibility index (Phi) is 4.50. The van der Waals surface area contributed by atoms with Crippen molar-refractivity contribution >= 4 is 22.7 Å². The molecule has 30 heavy (non-hydrogen) atoms. The van der Waals surface area contributed by atoms with Crippen LogP contribution < -0.4 is 4.74 Å². The Hall–Kier alpha value is -3.28. The second-order valence-electron chi connectivity index (χ2n) is 8.11. The fourth-order valence-corrected chi connectivity index (χ4v) is 4.96. The number of aromatic nitrogens is 1. The summed E-state index contributed by atoms with van der Waals surface area (Å²) in [4.78, 5) is 33.0. The molecule has 1 unspecified atom stereocenters. The molecule has 1 N–H and O–H groups in total. The van der Waals surface area contributed by atoms with Gasteiger partial charge in [-0.3, -0.25) is 9.59 Å². The van der Waals surface area contributed by atoms with Gasteiger partial charge in [-0.1, -0.05) is 30.3 Å². The van der Waals surface area contributed by atoms with Crippen molar-refractivity contribution in [2.45, 2.75) is 31.8 Å². The number of aromatic amines is 1. The van der Waals surface area contributed by atoms with Gasteiger partial charge >= 0.3 is 0 Å². The molecule has 3 aromatic rings. The van der Waals surface area contributed by atoms with E-state index < -0.39 is 6.04 Å². The number of hydrogen-bond acceptors (Lipinski definition) is 3. The Morgan fingerprint density at radius 1 is 1.13 bits per heavy atom. The van der Waals surface area contributed by atoms with Crippen molar-refractivity contribution in [3.63, 3.8) is 0 Å². The number of carbonyl (C=O) groups is 2. The molecule has 0 spiro atoms. The predicted octanol–water partition coefficient (Wildman–Crippen LogP) is 3.08. The van der Waals surface area contributed by atoms with Crippen LogP contribution in [-0.2, 0) is 22.4 Å². The first kappa shape index (κ1) is 18.7. The van der Waals surface area contributed by atoms with Crippen LogP contribution in [0.2, 0.25) is 0 Å². The summed E-state index contributed by atoms with van der Waals surface area (Å²) in [6.45, 7) is 2.72. The zero-order valence-corrected chi connectivity index (χ0v) is 17.2. The molecule has 2 amide bonds. The van der Waals surface area contributed by atoms with Crippen LogP contribution in [0, 0.1) is 0 Å². The minimum absolute atomic E-state index is 0.0440. The zero-order valence-electron chi connectivity index (χ0n) is 17.2. The summed E-state index contributed by atoms with van der Waals surface area (Å²) < 4.78 is 5.22. The van der Waals surface area contributed by atoms with Crippen molar-refractivity contribution in [3.8, 4) is 5.75 Å². The molecule has 1 fully saturated rings. The van der Waals surface area contributed by atoms with E-state index in [1.54, 1.807) is 18.9 Å². The standard InChI is InChI=1S/C24H25N3O3/c1-15(28)27-21-13-19-18-5-3-4-6-20(18)25-23(19)22(27)14-26(24(21)29)12-11-16-7-9-17(30-2)10-8-16/h3-10,21-22,25H,11-14H2,1-2H3/t21?,22-/m1/s1. The smallest absolute Gasteiger partial charge is 0.245 e. The van der Waals surface area contributed by atoms with Gasteiger partial charge in [-0.2, -0.15) is 0 Å². The molecule has 2 atom stereocenters. The lowest BCUT2D eigenvalue weighted by Crippen LogP contribution is -2.62. The maximum absolute atomic E-state index is 13.3. The molecule has 2 aliphatic rings. The van der Waals surface area contributed by atoms with Crippen LogP contribution in [0.4, 0.5) is 0 Å². The largest absolute Gasteiger partial charge is 0.497 e. The van der Waals surface area contributed by atoms with E-state index in [1.807, 2.05) is 41.3 Å². The highest BCUT2D eigenvalue weighted by atomic mass is 16.5. The van der Waals surface area contributed by atoms with Crippen LogP contribution in [0.15, 0.2) is 48.5 Å². The number of rotatable bonds is 4. The second-order valence-corrected chi connectivity index (χ2v) is 8.11. The third kappa shape index (κ3) is 2.95. The van der Waals surface area contributed by atoms with Crippen LogP contribution in [0.3, 0.4) is 0 Å². The monoisotopic (exact) mass is 403 g/mol. The number of piperazine rings is 1. The molecule has 0 radical (unpaired) electrons. The predicted molar refractivity (Wildman–Crippen MR) is 114 cm³/mol. The summed E-state index contributed by atoms with van der Waals surface area (Å²) in [5.41, 5.74) is 4.48. The Labute approximate surface area is 175 Å². The maximum Gasteiger partial charge on any atom is 0.245 e. The first-order valence-electron chi connectivity index (χ1n) is 10.4. The van der Waals surface area contributed by atoms with Crippen molar-refractivity contribution in [1.82, 2.24) is 14.8 Å². The third-order valence-corrected chi connectivity index (χ3v) is 6.43. The Morgan fingerprint density at radius 3 is 2.63 bits per heavy atom. The van der Waals surface area contributed by atoms with Gasteiger partial charge in [0, 0.05) is 43.0 Å². The molecular weight excluding hydrogens is 378 g/mol. The zero-order chi connectivity index (χ0) is 20.8. The van der Waals surface area contributed by atoms with Gasteiger partial charge in [-0.05, 0) is 35.7 Å². The number of fused-ring (bicyclic) bond motifs is 6. The van der Waals surface area contributed by atoms with E-state index in [9.17, 15) is 9.59 Å². The maximum atomic E-state index is 13.3. The fourth-order valence-electron chi connectivity index (χ4n) is 4.96. The minimum atomic E-state index is -0.427. The number of ether oxygens (including phenoxy) is 1. The van der Waals surface area contributed by atoms with Crippen LogP contribution >= 0.6 is 0 Å². The van der Waals surface area contributed by atoms with E-state index >= 15 is 0 Å². The number of para-hydroxylation sites is 1. The molecule has 1 aromatic heterocycles. The van der Waals surface area contributed by atoms with Crippen LogP contribution in [0.25, 0.3) is 10.9 Å². The average molecular weight is 403 g/mol. The fraction of sp³-hybridized carbons (Fsp3) is 0.333. The first-order chi connectivity index (χ1) is 14.6. The van der Waals surface area contributed by atoms with Gasteiger partial charge in [-0.25, -0.2) is 0 Å². The summed E-state index contributed by atoms with van der Waals surface area (Å²) in [5.74, 6) is 0.828. The van der Waals surface area contributed by atoms with Gasteiger partial charge in [0.15, 0.2) is 0 Å². The molecule has 1 saturated heterocycles. The lowest BCUT2D eigenvalue weighted by molar-refractivity contribution is -0.156. The topological polar surface area (TPSA) is 65.6 Å². The Balaban J connectivity index is 1.44. The molecule has 2 aromatic carbocycles. The van der Waals surface area contributed by atoms with Gasteiger partial charge < -0.3 is 19.5 Å². The molecule has 3 heterocycles. The first-order valence-corrected chi connectivity index (χ1v) is 10.4. The van der Waals surface area contributed by atoms with E-state index in [4.69, 9.17) is 4.74 Å². The number of methoxy groups -OCH3 is 1. The van der Waals surface area contributed by atoms with Gasteiger partial charge in [0.05, 0.1) is 13.2 Å². The lowest BCUT2D eigenvalue weighted by atomic mass is 9.87. The third-order valence-electron chi connectivity index (χ3n) is 6.43. The van der Waals surface area contributed by atoms with E-state index in [1.165, 1.54) is 5.56 Å². The van der Waals surface area contributed by atoms with Gasteiger partial charge in [0.1, 0.15) is 11.8 Å². The molecule has 154 valence electrons. The van der Waals surface area contributed by atoms with Crippen LogP contribution in [0.5, 0.6) is 5.75 Å².